The number of nitrogens with zero attached hydrogens (tertiary/aromatic N) is 1. The first-order valence-corrected chi connectivity index (χ1v) is 8.30. The fraction of sp³-hybridized carbons (Fsp3) is 0.286. The van der Waals surface area contributed by atoms with E-state index < -0.39 is 0 Å². The second-order valence-corrected chi connectivity index (χ2v) is 6.00. The Morgan fingerprint density at radius 1 is 1.40 bits per heavy atom. The van der Waals surface area contributed by atoms with Crippen LogP contribution in [-0.2, 0) is 4.79 Å². The number of hydrogen-bond donors (Lipinski definition) is 1. The van der Waals surface area contributed by atoms with Gasteiger partial charge in [-0.2, -0.15) is 0 Å². The number of benzene rings is 1. The zero-order valence-corrected chi connectivity index (χ0v) is 13.2. The lowest BCUT2D eigenvalue weighted by atomic mass is 10.3. The van der Waals surface area contributed by atoms with Gasteiger partial charge in [-0.15, -0.1) is 11.8 Å². The molecule has 2 rings (SSSR count). The molecule has 1 aromatic carbocycles. The molecule has 0 fully saturated rings. The minimum Gasteiger partial charge on any atom is -0.437 e. The minimum atomic E-state index is -0.0678. The van der Waals surface area contributed by atoms with Gasteiger partial charge < -0.3 is 9.73 Å². The molecular weight excluding hydrogens is 292 g/mol. The van der Waals surface area contributed by atoms with E-state index in [1.165, 1.54) is 11.8 Å². The first-order valence-electron chi connectivity index (χ1n) is 6.09. The van der Waals surface area contributed by atoms with Gasteiger partial charge in [0.05, 0.1) is 11.4 Å². The molecule has 0 aliphatic carbocycles. The lowest BCUT2D eigenvalue weighted by Gasteiger charge is -2.05. The molecule has 0 aliphatic rings. The van der Waals surface area contributed by atoms with Crippen molar-refractivity contribution in [3.05, 3.63) is 35.7 Å². The number of hydrogen-bond acceptors (Lipinski definition) is 5. The zero-order valence-electron chi connectivity index (χ0n) is 11.6. The molecule has 1 N–H and O–H groups in total. The van der Waals surface area contributed by atoms with Gasteiger partial charge in [-0.3, -0.25) is 4.79 Å². The molecular formula is C14H16N2O2S2. The van der Waals surface area contributed by atoms with Crippen molar-refractivity contribution < 1.29 is 9.21 Å². The summed E-state index contributed by atoms with van der Waals surface area (Å²) >= 11 is 2.94. The van der Waals surface area contributed by atoms with Crippen molar-refractivity contribution in [1.82, 2.24) is 4.98 Å². The Kier molecular flexibility index (Phi) is 5.14. The van der Waals surface area contributed by atoms with Gasteiger partial charge in [0, 0.05) is 10.6 Å². The van der Waals surface area contributed by atoms with Crippen LogP contribution in [0.4, 0.5) is 5.69 Å². The van der Waals surface area contributed by atoms with Gasteiger partial charge in [0.2, 0.25) is 5.91 Å². The van der Waals surface area contributed by atoms with E-state index in [0.717, 1.165) is 22.0 Å². The Morgan fingerprint density at radius 3 is 2.85 bits per heavy atom. The molecule has 0 saturated heterocycles. The van der Waals surface area contributed by atoms with Crippen LogP contribution in [0, 0.1) is 13.8 Å². The van der Waals surface area contributed by atoms with Crippen molar-refractivity contribution in [2.45, 2.75) is 24.0 Å². The summed E-state index contributed by atoms with van der Waals surface area (Å²) in [6.45, 7) is 3.75. The fourth-order valence-electron chi connectivity index (χ4n) is 1.53. The quantitative estimate of drug-likeness (QED) is 0.853. The Hall–Kier alpha value is -1.40. The summed E-state index contributed by atoms with van der Waals surface area (Å²) in [7, 11) is 0. The van der Waals surface area contributed by atoms with E-state index in [0.29, 0.717) is 5.22 Å². The van der Waals surface area contributed by atoms with E-state index >= 15 is 0 Å². The largest absolute Gasteiger partial charge is 0.437 e. The van der Waals surface area contributed by atoms with Crippen LogP contribution in [0.15, 0.2) is 38.8 Å². The summed E-state index contributed by atoms with van der Waals surface area (Å²) in [5.41, 5.74) is 1.67. The number of nitrogens with one attached hydrogen (secondary N) is 1. The molecule has 20 heavy (non-hydrogen) atoms. The second-order valence-electron chi connectivity index (χ2n) is 4.19. The van der Waals surface area contributed by atoms with Crippen molar-refractivity contribution in [3.8, 4) is 0 Å². The van der Waals surface area contributed by atoms with E-state index in [9.17, 15) is 4.79 Å². The predicted octanol–water partition coefficient (Wildman–Crippen LogP) is 3.74. The smallest absolute Gasteiger partial charge is 0.256 e. The van der Waals surface area contributed by atoms with Gasteiger partial charge >= 0.3 is 0 Å². The van der Waals surface area contributed by atoms with Gasteiger partial charge in [-0.1, -0.05) is 17.8 Å². The van der Waals surface area contributed by atoms with E-state index in [1.807, 2.05) is 44.4 Å². The van der Waals surface area contributed by atoms with Gasteiger partial charge in [0.25, 0.3) is 5.22 Å². The lowest BCUT2D eigenvalue weighted by molar-refractivity contribution is -0.113. The standard InChI is InChI=1S/C14H16N2O2S2/c1-9-10(2)18-14(15-9)20-8-13(17)16-11-5-4-6-12(7-11)19-3/h4-7H,8H2,1-3H3,(H,16,17). The molecule has 6 heteroatoms. The monoisotopic (exact) mass is 308 g/mol. The molecule has 0 unspecified atom stereocenters. The van der Waals surface area contributed by atoms with Crippen molar-refractivity contribution in [3.63, 3.8) is 0 Å². The third-order valence-electron chi connectivity index (χ3n) is 2.69. The summed E-state index contributed by atoms with van der Waals surface area (Å²) < 4.78 is 5.42. The topological polar surface area (TPSA) is 55.1 Å². The summed E-state index contributed by atoms with van der Waals surface area (Å²) in [4.78, 5) is 17.2. The average Bonchev–Trinajstić information content (AvgIpc) is 2.76. The Labute approximate surface area is 126 Å². The number of oxazole rings is 1. The normalized spacial score (nSPS) is 10.6. The van der Waals surface area contributed by atoms with Gasteiger partial charge in [-0.05, 0) is 38.3 Å². The summed E-state index contributed by atoms with van der Waals surface area (Å²) in [6.07, 6.45) is 2.00. The highest BCUT2D eigenvalue weighted by atomic mass is 32.2. The number of thioether (sulfide) groups is 2. The minimum absolute atomic E-state index is 0.0678. The molecule has 106 valence electrons. The number of aryl methyl sites for hydroxylation is 2. The molecule has 0 aliphatic heterocycles. The highest BCUT2D eigenvalue weighted by Crippen LogP contribution is 2.21. The van der Waals surface area contributed by atoms with E-state index in [4.69, 9.17) is 4.42 Å². The highest BCUT2D eigenvalue weighted by molar-refractivity contribution is 7.99. The van der Waals surface area contributed by atoms with Crippen LogP contribution in [0.2, 0.25) is 0 Å². The van der Waals surface area contributed by atoms with Gasteiger partial charge in [-0.25, -0.2) is 4.98 Å². The van der Waals surface area contributed by atoms with Crippen molar-refractivity contribution >= 4 is 35.1 Å². The molecule has 1 aromatic heterocycles. The summed E-state index contributed by atoms with van der Waals surface area (Å²) in [6, 6.07) is 7.76. The first kappa shape index (κ1) is 15.0. The van der Waals surface area contributed by atoms with E-state index in [-0.39, 0.29) is 11.7 Å². The summed E-state index contributed by atoms with van der Waals surface area (Å²) in [5.74, 6) is 1.01. The number of aromatic nitrogens is 1. The number of amides is 1. The molecule has 1 amide bonds. The van der Waals surface area contributed by atoms with Gasteiger partial charge in [0.15, 0.2) is 0 Å². The molecule has 0 saturated carbocycles. The van der Waals surface area contributed by atoms with E-state index in [1.54, 1.807) is 11.8 Å². The van der Waals surface area contributed by atoms with Crippen LogP contribution in [0.3, 0.4) is 0 Å². The highest BCUT2D eigenvalue weighted by Gasteiger charge is 2.09. The Bertz CT molecular complexity index is 591. The van der Waals surface area contributed by atoms with Crippen molar-refractivity contribution in [2.24, 2.45) is 0 Å². The number of carbonyl (C=O) groups is 1. The fourth-order valence-corrected chi connectivity index (χ4v) is 2.70. The molecule has 0 spiro atoms. The first-order chi connectivity index (χ1) is 9.58. The number of anilines is 1. The maximum Gasteiger partial charge on any atom is 0.256 e. The van der Waals surface area contributed by atoms with E-state index in [2.05, 4.69) is 10.3 Å². The number of carbonyl (C=O) groups excluding carboxylic acids is 1. The lowest BCUT2D eigenvalue weighted by Crippen LogP contribution is -2.13. The average molecular weight is 308 g/mol. The molecule has 0 radical (unpaired) electrons. The molecule has 4 nitrogen and oxygen atoms in total. The molecule has 1 heterocycles. The predicted molar refractivity (Wildman–Crippen MR) is 83.6 cm³/mol. The second kappa shape index (κ2) is 6.85. The van der Waals surface area contributed by atoms with Crippen LogP contribution in [0.1, 0.15) is 11.5 Å². The molecule has 0 atom stereocenters. The maximum absolute atomic E-state index is 11.9. The zero-order chi connectivity index (χ0) is 14.5. The van der Waals surface area contributed by atoms with Crippen LogP contribution in [-0.4, -0.2) is 22.9 Å². The molecule has 0 bridgehead atoms. The maximum atomic E-state index is 11.9. The Balaban J connectivity index is 1.89. The van der Waals surface area contributed by atoms with Crippen molar-refractivity contribution in [2.75, 3.05) is 17.3 Å². The van der Waals surface area contributed by atoms with Gasteiger partial charge in [0.1, 0.15) is 5.76 Å². The van der Waals surface area contributed by atoms with Crippen LogP contribution in [0.25, 0.3) is 0 Å². The third kappa shape index (κ3) is 4.05. The van der Waals surface area contributed by atoms with Crippen molar-refractivity contribution in [1.29, 1.82) is 0 Å². The van der Waals surface area contributed by atoms with Crippen LogP contribution < -0.4 is 5.32 Å². The SMILES string of the molecule is CSc1cccc(NC(=O)CSc2nc(C)c(C)o2)c1. The Morgan fingerprint density at radius 2 is 2.20 bits per heavy atom. The van der Waals surface area contributed by atoms with Crippen LogP contribution >= 0.6 is 23.5 Å². The summed E-state index contributed by atoms with van der Waals surface area (Å²) in [5, 5.41) is 3.40. The third-order valence-corrected chi connectivity index (χ3v) is 4.24. The molecule has 2 aromatic rings. The number of rotatable bonds is 5. The van der Waals surface area contributed by atoms with Crippen LogP contribution in [0.5, 0.6) is 0 Å².